The standard InChI is InChI=1S/C14H19N3O2S2/c1-9-8-12(15)11(3)14(10(9)2)21(18,19)17-5-4-13-16-6-7-20-13/h6-8,17H,4-5,15H2,1-3H3. The van der Waals surface area contributed by atoms with Crippen LogP contribution >= 0.6 is 11.3 Å². The molecule has 0 fully saturated rings. The zero-order valence-corrected chi connectivity index (χ0v) is 13.9. The molecule has 114 valence electrons. The number of aromatic nitrogens is 1. The van der Waals surface area contributed by atoms with Crippen molar-refractivity contribution in [3.63, 3.8) is 0 Å². The summed E-state index contributed by atoms with van der Waals surface area (Å²) in [5.41, 5.74) is 8.60. The first-order valence-electron chi connectivity index (χ1n) is 6.57. The number of nitrogens with two attached hydrogens (primary N) is 1. The summed E-state index contributed by atoms with van der Waals surface area (Å²) in [6, 6.07) is 1.80. The maximum absolute atomic E-state index is 12.5. The third-order valence-corrected chi connectivity index (χ3v) is 6.03. The number of nitrogens with one attached hydrogen (secondary N) is 1. The Morgan fingerprint density at radius 3 is 2.62 bits per heavy atom. The minimum Gasteiger partial charge on any atom is -0.398 e. The van der Waals surface area contributed by atoms with Gasteiger partial charge in [-0.1, -0.05) is 0 Å². The number of hydrogen-bond donors (Lipinski definition) is 2. The molecule has 0 amide bonds. The lowest BCUT2D eigenvalue weighted by atomic mass is 10.1. The Labute approximate surface area is 129 Å². The summed E-state index contributed by atoms with van der Waals surface area (Å²) < 4.78 is 27.7. The summed E-state index contributed by atoms with van der Waals surface area (Å²) in [6.07, 6.45) is 2.29. The third kappa shape index (κ3) is 3.42. The molecular formula is C14H19N3O2S2. The molecule has 0 spiro atoms. The first-order valence-corrected chi connectivity index (χ1v) is 8.93. The minimum atomic E-state index is -3.57. The zero-order valence-electron chi connectivity index (χ0n) is 12.3. The van der Waals surface area contributed by atoms with E-state index in [0.717, 1.165) is 16.1 Å². The highest BCUT2D eigenvalue weighted by Crippen LogP contribution is 2.27. The predicted molar refractivity (Wildman–Crippen MR) is 86.1 cm³/mol. The molecule has 1 aromatic carbocycles. The van der Waals surface area contributed by atoms with Crippen molar-refractivity contribution < 1.29 is 8.42 Å². The molecule has 0 aliphatic rings. The number of benzene rings is 1. The Morgan fingerprint density at radius 2 is 2.00 bits per heavy atom. The predicted octanol–water partition coefficient (Wildman–Crippen LogP) is 2.17. The maximum atomic E-state index is 12.5. The summed E-state index contributed by atoms with van der Waals surface area (Å²) in [7, 11) is -3.57. The van der Waals surface area contributed by atoms with Crippen molar-refractivity contribution in [3.05, 3.63) is 39.3 Å². The van der Waals surface area contributed by atoms with Crippen LogP contribution in [0.15, 0.2) is 22.5 Å². The Kier molecular flexibility index (Phi) is 4.65. The summed E-state index contributed by atoms with van der Waals surface area (Å²) in [5.74, 6) is 0. The van der Waals surface area contributed by atoms with Crippen molar-refractivity contribution in [1.82, 2.24) is 9.71 Å². The zero-order chi connectivity index (χ0) is 15.6. The molecule has 7 heteroatoms. The van der Waals surface area contributed by atoms with Crippen LogP contribution in [0.25, 0.3) is 0 Å². The highest BCUT2D eigenvalue weighted by Gasteiger charge is 2.21. The molecule has 0 saturated heterocycles. The molecule has 2 aromatic rings. The highest BCUT2D eigenvalue weighted by molar-refractivity contribution is 7.89. The van der Waals surface area contributed by atoms with Crippen LogP contribution in [0.2, 0.25) is 0 Å². The van der Waals surface area contributed by atoms with E-state index in [1.807, 2.05) is 12.3 Å². The summed E-state index contributed by atoms with van der Waals surface area (Å²) in [4.78, 5) is 4.43. The fourth-order valence-electron chi connectivity index (χ4n) is 2.19. The van der Waals surface area contributed by atoms with Gasteiger partial charge in [-0.25, -0.2) is 18.1 Å². The molecule has 21 heavy (non-hydrogen) atoms. The summed E-state index contributed by atoms with van der Waals surface area (Å²) in [5, 5.41) is 2.79. The van der Waals surface area contributed by atoms with E-state index in [1.165, 1.54) is 11.3 Å². The minimum absolute atomic E-state index is 0.291. The first kappa shape index (κ1) is 15.9. The van der Waals surface area contributed by atoms with Crippen LogP contribution in [-0.4, -0.2) is 19.9 Å². The fraction of sp³-hybridized carbons (Fsp3) is 0.357. The highest BCUT2D eigenvalue weighted by atomic mass is 32.2. The van der Waals surface area contributed by atoms with Crippen molar-refractivity contribution in [2.75, 3.05) is 12.3 Å². The monoisotopic (exact) mass is 325 g/mol. The second kappa shape index (κ2) is 6.13. The number of sulfonamides is 1. The Morgan fingerprint density at radius 1 is 1.29 bits per heavy atom. The average Bonchev–Trinajstić information content (AvgIpc) is 2.89. The van der Waals surface area contributed by atoms with Crippen LogP contribution in [0, 0.1) is 20.8 Å². The molecule has 0 bridgehead atoms. The smallest absolute Gasteiger partial charge is 0.241 e. The average molecular weight is 325 g/mol. The molecule has 0 atom stereocenters. The second-order valence-electron chi connectivity index (χ2n) is 4.94. The number of nitrogen functional groups attached to an aromatic ring is 1. The molecule has 0 unspecified atom stereocenters. The van der Waals surface area contributed by atoms with E-state index < -0.39 is 10.0 Å². The van der Waals surface area contributed by atoms with Crippen molar-refractivity contribution in [2.45, 2.75) is 32.1 Å². The number of rotatable bonds is 5. The summed E-state index contributed by atoms with van der Waals surface area (Å²) in [6.45, 7) is 5.72. The van der Waals surface area contributed by atoms with E-state index in [9.17, 15) is 8.42 Å². The lowest BCUT2D eigenvalue weighted by molar-refractivity contribution is 0.580. The van der Waals surface area contributed by atoms with E-state index in [-0.39, 0.29) is 0 Å². The lowest BCUT2D eigenvalue weighted by Gasteiger charge is -2.15. The van der Waals surface area contributed by atoms with Gasteiger partial charge in [-0.3, -0.25) is 0 Å². The molecule has 1 heterocycles. The van der Waals surface area contributed by atoms with Gasteiger partial charge in [-0.2, -0.15) is 0 Å². The van der Waals surface area contributed by atoms with Gasteiger partial charge >= 0.3 is 0 Å². The number of hydrogen-bond acceptors (Lipinski definition) is 5. The molecule has 3 N–H and O–H groups in total. The Balaban J connectivity index is 2.23. The van der Waals surface area contributed by atoms with Crippen molar-refractivity contribution in [2.24, 2.45) is 0 Å². The van der Waals surface area contributed by atoms with Gasteiger partial charge in [0.1, 0.15) is 0 Å². The van der Waals surface area contributed by atoms with Gasteiger partial charge in [0, 0.05) is 30.2 Å². The van der Waals surface area contributed by atoms with Crippen LogP contribution < -0.4 is 10.5 Å². The van der Waals surface area contributed by atoms with E-state index in [4.69, 9.17) is 5.73 Å². The van der Waals surface area contributed by atoms with Crippen molar-refractivity contribution >= 4 is 27.0 Å². The molecule has 5 nitrogen and oxygen atoms in total. The first-order chi connectivity index (χ1) is 9.83. The van der Waals surface area contributed by atoms with Crippen LogP contribution in [0.4, 0.5) is 5.69 Å². The van der Waals surface area contributed by atoms with Gasteiger partial charge in [0.05, 0.1) is 9.90 Å². The lowest BCUT2D eigenvalue weighted by Crippen LogP contribution is -2.27. The molecule has 1 aromatic heterocycles. The van der Waals surface area contributed by atoms with E-state index in [1.54, 1.807) is 26.1 Å². The molecule has 0 aliphatic carbocycles. The topological polar surface area (TPSA) is 85.1 Å². The Bertz CT molecular complexity index is 712. The molecule has 0 aliphatic heterocycles. The number of aryl methyl sites for hydroxylation is 1. The largest absolute Gasteiger partial charge is 0.398 e. The molecule has 0 saturated carbocycles. The third-order valence-electron chi connectivity index (χ3n) is 3.46. The van der Waals surface area contributed by atoms with Crippen LogP contribution in [0.1, 0.15) is 21.7 Å². The van der Waals surface area contributed by atoms with E-state index >= 15 is 0 Å². The van der Waals surface area contributed by atoms with Gasteiger partial charge in [-0.05, 0) is 43.5 Å². The SMILES string of the molecule is Cc1cc(N)c(C)c(S(=O)(=O)NCCc2nccs2)c1C. The number of anilines is 1. The van der Waals surface area contributed by atoms with Gasteiger partial charge in [0.2, 0.25) is 10.0 Å². The normalized spacial score (nSPS) is 11.8. The fourth-order valence-corrected chi connectivity index (χ4v) is 4.41. The van der Waals surface area contributed by atoms with Crippen molar-refractivity contribution in [1.29, 1.82) is 0 Å². The van der Waals surface area contributed by atoms with Crippen LogP contribution in [0.3, 0.4) is 0 Å². The number of thiazole rings is 1. The quantitative estimate of drug-likeness (QED) is 0.825. The molecule has 0 radical (unpaired) electrons. The van der Waals surface area contributed by atoms with Gasteiger partial charge in [0.25, 0.3) is 0 Å². The van der Waals surface area contributed by atoms with Crippen molar-refractivity contribution in [3.8, 4) is 0 Å². The molecule has 2 rings (SSSR count). The van der Waals surface area contributed by atoms with Crippen LogP contribution in [-0.2, 0) is 16.4 Å². The van der Waals surface area contributed by atoms with E-state index in [0.29, 0.717) is 29.1 Å². The van der Waals surface area contributed by atoms with Gasteiger partial charge in [0.15, 0.2) is 0 Å². The maximum Gasteiger partial charge on any atom is 0.241 e. The van der Waals surface area contributed by atoms with E-state index in [2.05, 4.69) is 9.71 Å². The second-order valence-corrected chi connectivity index (χ2v) is 7.62. The molecular weight excluding hydrogens is 306 g/mol. The van der Waals surface area contributed by atoms with Gasteiger partial charge < -0.3 is 5.73 Å². The summed E-state index contributed by atoms with van der Waals surface area (Å²) >= 11 is 1.51. The number of nitrogens with zero attached hydrogens (tertiary/aromatic N) is 1. The van der Waals surface area contributed by atoms with Gasteiger partial charge in [-0.15, -0.1) is 11.3 Å². The van der Waals surface area contributed by atoms with Crippen LogP contribution in [0.5, 0.6) is 0 Å². The Hall–Kier alpha value is -1.44.